The highest BCUT2D eigenvalue weighted by atomic mass is 35.5. The molecule has 2 heterocycles. The Morgan fingerprint density at radius 2 is 2.12 bits per heavy atom. The Balaban J connectivity index is 2.20. The number of hydrogen-bond donors (Lipinski definition) is 1. The van der Waals surface area contributed by atoms with Gasteiger partial charge in [-0.25, -0.2) is 18.4 Å². The van der Waals surface area contributed by atoms with Crippen LogP contribution in [-0.2, 0) is 9.84 Å². The normalized spacial score (nSPS) is 11.5. The summed E-state index contributed by atoms with van der Waals surface area (Å²) in [6, 6.07) is 0. The Bertz CT molecular complexity index is 840. The summed E-state index contributed by atoms with van der Waals surface area (Å²) in [7, 11) is -3.64. The molecule has 24 heavy (non-hydrogen) atoms. The molecular weight excluding hydrogens is 394 g/mol. The molecule has 130 valence electrons. The van der Waals surface area contributed by atoms with Crippen molar-refractivity contribution >= 4 is 55.6 Å². The predicted octanol–water partition coefficient (Wildman–Crippen LogP) is 2.53. The van der Waals surface area contributed by atoms with Crippen LogP contribution in [0.3, 0.4) is 0 Å². The first-order valence-electron chi connectivity index (χ1n) is 6.90. The van der Waals surface area contributed by atoms with E-state index < -0.39 is 20.9 Å². The molecule has 0 atom stereocenters. The molecular formula is C12H14ClN5O3S3. The molecule has 0 aliphatic carbocycles. The SMILES string of the molecule is CCCSc1nnc(NC(=O)c2nc(S(=O)(=O)CC)ncc2Cl)s1. The van der Waals surface area contributed by atoms with Crippen molar-refractivity contribution < 1.29 is 13.2 Å². The zero-order chi connectivity index (χ0) is 17.7. The van der Waals surface area contributed by atoms with Crippen molar-refractivity contribution in [1.29, 1.82) is 0 Å². The Morgan fingerprint density at radius 3 is 2.79 bits per heavy atom. The standard InChI is InChI=1S/C12H14ClN5O3S3/c1-3-5-22-12-18-17-10(23-12)16-9(19)8-7(13)6-14-11(15-8)24(20,21)4-2/h6H,3-5H2,1-2H3,(H,16,17,19). The van der Waals surface area contributed by atoms with Gasteiger partial charge in [0.05, 0.1) is 17.0 Å². The molecule has 0 aliphatic rings. The third-order valence-corrected chi connectivity index (χ3v) is 6.62. The van der Waals surface area contributed by atoms with Gasteiger partial charge in [0.1, 0.15) is 0 Å². The van der Waals surface area contributed by atoms with Crippen molar-refractivity contribution in [2.75, 3.05) is 16.8 Å². The fourth-order valence-electron chi connectivity index (χ4n) is 1.45. The first-order valence-corrected chi connectivity index (χ1v) is 10.7. The number of nitrogens with zero attached hydrogens (tertiary/aromatic N) is 4. The molecule has 0 saturated carbocycles. The zero-order valence-corrected chi connectivity index (χ0v) is 16.0. The molecule has 0 unspecified atom stereocenters. The average molecular weight is 408 g/mol. The fourth-order valence-corrected chi connectivity index (χ4v) is 4.00. The first-order chi connectivity index (χ1) is 11.4. The van der Waals surface area contributed by atoms with E-state index in [9.17, 15) is 13.2 Å². The van der Waals surface area contributed by atoms with E-state index in [4.69, 9.17) is 11.6 Å². The van der Waals surface area contributed by atoms with E-state index >= 15 is 0 Å². The number of amides is 1. The Kier molecular flexibility index (Phi) is 6.49. The van der Waals surface area contributed by atoms with Crippen molar-refractivity contribution in [3.8, 4) is 0 Å². The van der Waals surface area contributed by atoms with Crippen LogP contribution in [-0.4, -0.2) is 46.0 Å². The van der Waals surface area contributed by atoms with Gasteiger partial charge in [0.2, 0.25) is 20.1 Å². The number of sulfone groups is 1. The van der Waals surface area contributed by atoms with Gasteiger partial charge in [-0.05, 0) is 6.42 Å². The number of aromatic nitrogens is 4. The Labute approximate surface area is 152 Å². The fraction of sp³-hybridized carbons (Fsp3) is 0.417. The molecule has 12 heteroatoms. The zero-order valence-electron chi connectivity index (χ0n) is 12.8. The summed E-state index contributed by atoms with van der Waals surface area (Å²) in [5.74, 6) is 0.0565. The van der Waals surface area contributed by atoms with Gasteiger partial charge in [0.25, 0.3) is 5.91 Å². The summed E-state index contributed by atoms with van der Waals surface area (Å²) in [4.78, 5) is 19.7. The Hall–Kier alpha value is -1.30. The van der Waals surface area contributed by atoms with E-state index in [0.717, 1.165) is 22.7 Å². The number of nitrogens with one attached hydrogen (secondary N) is 1. The van der Waals surface area contributed by atoms with Gasteiger partial charge >= 0.3 is 0 Å². The van der Waals surface area contributed by atoms with Gasteiger partial charge < -0.3 is 0 Å². The van der Waals surface area contributed by atoms with E-state index in [-0.39, 0.29) is 21.6 Å². The summed E-state index contributed by atoms with van der Waals surface area (Å²) in [6.45, 7) is 3.51. The number of rotatable bonds is 7. The van der Waals surface area contributed by atoms with E-state index in [2.05, 4.69) is 32.4 Å². The van der Waals surface area contributed by atoms with Gasteiger partial charge in [-0.2, -0.15) is 0 Å². The summed E-state index contributed by atoms with van der Waals surface area (Å²) < 4.78 is 24.4. The van der Waals surface area contributed by atoms with Gasteiger partial charge in [-0.15, -0.1) is 10.2 Å². The van der Waals surface area contributed by atoms with Crippen LogP contribution in [0.5, 0.6) is 0 Å². The molecule has 0 aromatic carbocycles. The lowest BCUT2D eigenvalue weighted by molar-refractivity contribution is 0.102. The molecule has 0 spiro atoms. The number of halogens is 1. The maximum atomic E-state index is 12.3. The Morgan fingerprint density at radius 1 is 1.38 bits per heavy atom. The molecule has 2 aromatic rings. The molecule has 0 saturated heterocycles. The quantitative estimate of drug-likeness (QED) is 0.423. The van der Waals surface area contributed by atoms with Crippen molar-refractivity contribution in [2.24, 2.45) is 0 Å². The smallest absolute Gasteiger partial charge is 0.277 e. The highest BCUT2D eigenvalue weighted by molar-refractivity contribution is 8.01. The van der Waals surface area contributed by atoms with E-state index in [1.54, 1.807) is 0 Å². The summed E-state index contributed by atoms with van der Waals surface area (Å²) in [6.07, 6.45) is 2.09. The number of carbonyl (C=O) groups is 1. The van der Waals surface area contributed by atoms with Crippen LogP contribution in [0.1, 0.15) is 30.8 Å². The third-order valence-electron chi connectivity index (χ3n) is 2.65. The maximum absolute atomic E-state index is 12.3. The maximum Gasteiger partial charge on any atom is 0.277 e. The molecule has 1 N–H and O–H groups in total. The van der Waals surface area contributed by atoms with Crippen molar-refractivity contribution in [3.63, 3.8) is 0 Å². The number of anilines is 1. The van der Waals surface area contributed by atoms with Gasteiger partial charge in [-0.1, -0.05) is 48.5 Å². The van der Waals surface area contributed by atoms with Crippen LogP contribution in [0, 0.1) is 0 Å². The molecule has 1 amide bonds. The minimum Gasteiger partial charge on any atom is -0.295 e. The topological polar surface area (TPSA) is 115 Å². The van der Waals surface area contributed by atoms with Gasteiger partial charge in [0.15, 0.2) is 10.0 Å². The van der Waals surface area contributed by atoms with Gasteiger partial charge in [-0.3, -0.25) is 10.1 Å². The highest BCUT2D eigenvalue weighted by Gasteiger charge is 2.21. The van der Waals surface area contributed by atoms with Crippen LogP contribution in [0.15, 0.2) is 15.7 Å². The van der Waals surface area contributed by atoms with Crippen LogP contribution in [0.4, 0.5) is 5.13 Å². The lowest BCUT2D eigenvalue weighted by Gasteiger charge is -2.05. The monoisotopic (exact) mass is 407 g/mol. The van der Waals surface area contributed by atoms with Crippen LogP contribution < -0.4 is 5.32 Å². The molecule has 2 rings (SSSR count). The molecule has 0 fully saturated rings. The molecule has 0 bridgehead atoms. The van der Waals surface area contributed by atoms with E-state index in [1.165, 1.54) is 30.0 Å². The second-order valence-corrected chi connectivity index (χ2v) is 9.33. The predicted molar refractivity (Wildman–Crippen MR) is 93.6 cm³/mol. The second-order valence-electron chi connectivity index (χ2n) is 4.43. The van der Waals surface area contributed by atoms with Crippen LogP contribution in [0.25, 0.3) is 0 Å². The number of hydrogen-bond acceptors (Lipinski definition) is 9. The van der Waals surface area contributed by atoms with Crippen molar-refractivity contribution in [3.05, 3.63) is 16.9 Å². The lowest BCUT2D eigenvalue weighted by atomic mass is 10.4. The number of thioether (sulfide) groups is 1. The molecule has 2 aromatic heterocycles. The minimum atomic E-state index is -3.64. The van der Waals surface area contributed by atoms with Crippen LogP contribution >= 0.6 is 34.7 Å². The average Bonchev–Trinajstić information content (AvgIpc) is 3.00. The number of carbonyl (C=O) groups excluding carboxylic acids is 1. The van der Waals surface area contributed by atoms with Crippen LogP contribution in [0.2, 0.25) is 5.02 Å². The summed E-state index contributed by atoms with van der Waals surface area (Å²) in [5, 5.41) is 10.1. The molecule has 0 radical (unpaired) electrons. The second kappa shape index (κ2) is 8.19. The third kappa shape index (κ3) is 4.62. The first kappa shape index (κ1) is 19.0. The molecule has 8 nitrogen and oxygen atoms in total. The van der Waals surface area contributed by atoms with E-state index in [0.29, 0.717) is 0 Å². The van der Waals surface area contributed by atoms with Gasteiger partial charge in [0, 0.05) is 5.75 Å². The summed E-state index contributed by atoms with van der Waals surface area (Å²) in [5.41, 5.74) is -0.225. The van der Waals surface area contributed by atoms with Crippen molar-refractivity contribution in [2.45, 2.75) is 29.8 Å². The van der Waals surface area contributed by atoms with E-state index in [1.807, 2.05) is 0 Å². The minimum absolute atomic E-state index is 0.0485. The van der Waals surface area contributed by atoms with Crippen molar-refractivity contribution in [1.82, 2.24) is 20.2 Å². The summed E-state index contributed by atoms with van der Waals surface area (Å²) >= 11 is 8.67. The highest BCUT2D eigenvalue weighted by Crippen LogP contribution is 2.26. The largest absolute Gasteiger partial charge is 0.295 e. The molecule has 0 aliphatic heterocycles. The lowest BCUT2D eigenvalue weighted by Crippen LogP contribution is -2.18.